The maximum Gasteiger partial charge on any atom is 0.215 e. The maximum absolute atomic E-state index is 11.1. The average molecular weight is 425 g/mol. The summed E-state index contributed by atoms with van der Waals surface area (Å²) in [5, 5.41) is 2.76. The van der Waals surface area contributed by atoms with Gasteiger partial charge in [-0.1, -0.05) is 33.8 Å². The zero-order valence-corrected chi connectivity index (χ0v) is 16.5. The molecular formula is C17H17BrN2O2S2. The normalized spacial score (nSPS) is 20.2. The van der Waals surface area contributed by atoms with E-state index < -0.39 is 0 Å². The second-order valence-electron chi connectivity index (χ2n) is 5.39. The predicted molar refractivity (Wildman–Crippen MR) is 104 cm³/mol. The molecule has 1 amide bonds. The molecule has 1 aliphatic heterocycles. The molecule has 1 aromatic heterocycles. The molecule has 7 heteroatoms. The fraction of sp³-hybridized carbons (Fsp3) is 0.294. The number of nitrogens with zero attached hydrogens (tertiary/aromatic N) is 2. The quantitative estimate of drug-likeness (QED) is 0.400. The van der Waals surface area contributed by atoms with Gasteiger partial charge in [-0.2, -0.15) is 0 Å². The van der Waals surface area contributed by atoms with E-state index in [4.69, 9.17) is 9.73 Å². The third-order valence-electron chi connectivity index (χ3n) is 3.81. The van der Waals surface area contributed by atoms with Gasteiger partial charge in [0.2, 0.25) is 6.41 Å². The third kappa shape index (κ3) is 3.68. The molecule has 2 atom stereocenters. The van der Waals surface area contributed by atoms with E-state index in [1.54, 1.807) is 18.4 Å². The first kappa shape index (κ1) is 17.5. The van der Waals surface area contributed by atoms with E-state index in [9.17, 15) is 4.79 Å². The van der Waals surface area contributed by atoms with Gasteiger partial charge in [0.25, 0.3) is 0 Å². The topological polar surface area (TPSA) is 41.9 Å². The van der Waals surface area contributed by atoms with Crippen molar-refractivity contribution in [1.29, 1.82) is 0 Å². The standard InChI is InChI=1S/C17H17BrN2O2S2/c1-20(10-21)17(23-2)19-13-9-15(16-4-3-7-24-16)22-14-6-5-11(18)8-12(13)14/h3-8,10,13,15H,9H2,1-2H3. The summed E-state index contributed by atoms with van der Waals surface area (Å²) < 4.78 is 7.19. The SMILES string of the molecule is CSC(=NC1CC(c2cccs2)Oc2ccc(Br)cc21)N(C)C=O. The van der Waals surface area contributed by atoms with Crippen LogP contribution in [0.5, 0.6) is 5.75 Å². The summed E-state index contributed by atoms with van der Waals surface area (Å²) in [6.45, 7) is 0. The Morgan fingerprint density at radius 2 is 2.33 bits per heavy atom. The van der Waals surface area contributed by atoms with Gasteiger partial charge in [-0.25, -0.2) is 0 Å². The molecule has 2 heterocycles. The highest BCUT2D eigenvalue weighted by molar-refractivity contribution is 9.10. The van der Waals surface area contributed by atoms with Crippen LogP contribution in [-0.4, -0.2) is 29.8 Å². The number of hydrogen-bond donors (Lipinski definition) is 0. The average Bonchev–Trinajstić information content (AvgIpc) is 3.13. The van der Waals surface area contributed by atoms with Crippen molar-refractivity contribution in [3.05, 3.63) is 50.6 Å². The number of amidine groups is 1. The van der Waals surface area contributed by atoms with Crippen molar-refractivity contribution in [3.8, 4) is 5.75 Å². The number of amides is 1. The minimum Gasteiger partial charge on any atom is -0.484 e. The van der Waals surface area contributed by atoms with Crippen LogP contribution < -0.4 is 4.74 Å². The van der Waals surface area contributed by atoms with Gasteiger partial charge in [-0.15, -0.1) is 11.3 Å². The highest BCUT2D eigenvalue weighted by Crippen LogP contribution is 2.44. The molecule has 0 fully saturated rings. The van der Waals surface area contributed by atoms with Gasteiger partial charge in [0.15, 0.2) is 5.17 Å². The maximum atomic E-state index is 11.1. The molecule has 0 radical (unpaired) electrons. The van der Waals surface area contributed by atoms with Gasteiger partial charge < -0.3 is 4.74 Å². The Bertz CT molecular complexity index is 749. The van der Waals surface area contributed by atoms with E-state index in [-0.39, 0.29) is 12.1 Å². The van der Waals surface area contributed by atoms with E-state index in [1.807, 2.05) is 30.5 Å². The van der Waals surface area contributed by atoms with Crippen molar-refractivity contribution in [2.45, 2.75) is 18.6 Å². The van der Waals surface area contributed by atoms with E-state index >= 15 is 0 Å². The van der Waals surface area contributed by atoms with Gasteiger partial charge in [0.05, 0.1) is 6.04 Å². The van der Waals surface area contributed by atoms with E-state index in [1.165, 1.54) is 21.5 Å². The highest BCUT2D eigenvalue weighted by atomic mass is 79.9. The molecule has 1 aromatic carbocycles. The summed E-state index contributed by atoms with van der Waals surface area (Å²) in [4.78, 5) is 18.6. The molecule has 126 valence electrons. The van der Waals surface area contributed by atoms with Crippen LogP contribution in [0.2, 0.25) is 0 Å². The van der Waals surface area contributed by atoms with Gasteiger partial charge in [0.1, 0.15) is 11.9 Å². The summed E-state index contributed by atoms with van der Waals surface area (Å²) in [6.07, 6.45) is 3.45. The van der Waals surface area contributed by atoms with Crippen LogP contribution in [0, 0.1) is 0 Å². The van der Waals surface area contributed by atoms with Crippen LogP contribution >= 0.6 is 39.0 Å². The molecule has 0 saturated heterocycles. The van der Waals surface area contributed by atoms with Crippen molar-refractivity contribution in [1.82, 2.24) is 4.90 Å². The Balaban J connectivity index is 2.01. The van der Waals surface area contributed by atoms with E-state index in [2.05, 4.69) is 27.4 Å². The first-order chi connectivity index (χ1) is 11.6. The number of ether oxygens (including phenoxy) is 1. The number of rotatable bonds is 3. The van der Waals surface area contributed by atoms with Gasteiger partial charge in [-0.3, -0.25) is 14.7 Å². The molecular weight excluding hydrogens is 408 g/mol. The van der Waals surface area contributed by atoms with Crippen LogP contribution in [0.15, 0.2) is 45.2 Å². The number of benzene rings is 1. The molecule has 0 bridgehead atoms. The zero-order chi connectivity index (χ0) is 17.1. The van der Waals surface area contributed by atoms with E-state index in [0.29, 0.717) is 5.17 Å². The first-order valence-electron chi connectivity index (χ1n) is 7.41. The summed E-state index contributed by atoms with van der Waals surface area (Å²) >= 11 is 6.68. The zero-order valence-electron chi connectivity index (χ0n) is 13.3. The number of aliphatic imine (C=N–C) groups is 1. The molecule has 4 nitrogen and oxygen atoms in total. The summed E-state index contributed by atoms with van der Waals surface area (Å²) in [5.41, 5.74) is 1.04. The number of thioether (sulfide) groups is 1. The number of carbonyl (C=O) groups is 1. The second-order valence-corrected chi connectivity index (χ2v) is 8.06. The lowest BCUT2D eigenvalue weighted by Crippen LogP contribution is -2.24. The summed E-state index contributed by atoms with van der Waals surface area (Å²) in [5.74, 6) is 0.853. The van der Waals surface area contributed by atoms with Crippen LogP contribution in [0.25, 0.3) is 0 Å². The monoisotopic (exact) mass is 424 g/mol. The Morgan fingerprint density at radius 1 is 1.50 bits per heavy atom. The lowest BCUT2D eigenvalue weighted by molar-refractivity contribution is -0.113. The van der Waals surface area contributed by atoms with Gasteiger partial charge in [0, 0.05) is 28.4 Å². The number of fused-ring (bicyclic) bond motifs is 1. The number of hydrogen-bond acceptors (Lipinski definition) is 5. The number of thiophene rings is 1. The fourth-order valence-corrected chi connectivity index (χ4v) is 4.37. The lowest BCUT2D eigenvalue weighted by atomic mass is 9.96. The minimum atomic E-state index is -0.0526. The number of halogens is 1. The van der Waals surface area contributed by atoms with Gasteiger partial charge >= 0.3 is 0 Å². The Hall–Kier alpha value is -1.31. The molecule has 24 heavy (non-hydrogen) atoms. The second kappa shape index (κ2) is 7.72. The number of carbonyl (C=O) groups excluding carboxylic acids is 1. The van der Waals surface area contributed by atoms with Crippen molar-refractivity contribution < 1.29 is 9.53 Å². The first-order valence-corrected chi connectivity index (χ1v) is 10.3. The molecule has 2 aromatic rings. The molecule has 0 N–H and O–H groups in total. The van der Waals surface area contributed by atoms with Crippen LogP contribution in [0.3, 0.4) is 0 Å². The molecule has 0 spiro atoms. The van der Waals surface area contributed by atoms with Crippen molar-refractivity contribution in [2.24, 2.45) is 4.99 Å². The Morgan fingerprint density at radius 3 is 3.00 bits per heavy atom. The Kier molecular flexibility index (Phi) is 5.63. The lowest BCUT2D eigenvalue weighted by Gasteiger charge is -2.30. The largest absolute Gasteiger partial charge is 0.484 e. The Labute approximate surface area is 158 Å². The highest BCUT2D eigenvalue weighted by Gasteiger charge is 2.30. The molecule has 3 rings (SSSR count). The predicted octanol–water partition coefficient (Wildman–Crippen LogP) is 4.88. The molecule has 0 aliphatic carbocycles. The fourth-order valence-electron chi connectivity index (χ4n) is 2.66. The van der Waals surface area contributed by atoms with Crippen LogP contribution in [0.1, 0.15) is 29.0 Å². The van der Waals surface area contributed by atoms with E-state index in [0.717, 1.165) is 28.6 Å². The van der Waals surface area contributed by atoms with Crippen LogP contribution in [-0.2, 0) is 4.79 Å². The molecule has 0 saturated carbocycles. The summed E-state index contributed by atoms with van der Waals surface area (Å²) in [6, 6.07) is 10.1. The smallest absolute Gasteiger partial charge is 0.215 e. The van der Waals surface area contributed by atoms with Crippen molar-refractivity contribution >= 4 is 50.6 Å². The molecule has 2 unspecified atom stereocenters. The van der Waals surface area contributed by atoms with Crippen molar-refractivity contribution in [3.63, 3.8) is 0 Å². The van der Waals surface area contributed by atoms with Crippen LogP contribution in [0.4, 0.5) is 0 Å². The molecule has 1 aliphatic rings. The third-order valence-corrected chi connectivity index (χ3v) is 6.02. The minimum absolute atomic E-state index is 0.0166. The van der Waals surface area contributed by atoms with Gasteiger partial charge in [-0.05, 0) is 35.9 Å². The summed E-state index contributed by atoms with van der Waals surface area (Å²) in [7, 11) is 1.72. The van der Waals surface area contributed by atoms with Crippen molar-refractivity contribution in [2.75, 3.05) is 13.3 Å².